The molecule has 7 nitrogen and oxygen atoms in total. The maximum absolute atomic E-state index is 15.2. The molecule has 0 N–H and O–H groups in total. The van der Waals surface area contributed by atoms with Crippen molar-refractivity contribution in [3.05, 3.63) is 68.0 Å². The zero-order chi connectivity index (χ0) is 29.7. The van der Waals surface area contributed by atoms with Crippen molar-refractivity contribution in [2.75, 3.05) is 57.4 Å². The normalized spacial score (nSPS) is 26.5. The molecular formula is C33H38BrFIN5O2. The molecule has 43 heavy (non-hydrogen) atoms. The van der Waals surface area contributed by atoms with E-state index in [-0.39, 0.29) is 23.5 Å². The summed E-state index contributed by atoms with van der Waals surface area (Å²) in [5.41, 5.74) is 1.89. The van der Waals surface area contributed by atoms with Gasteiger partial charge in [0.25, 0.3) is 0 Å². The van der Waals surface area contributed by atoms with Crippen molar-refractivity contribution in [2.45, 2.75) is 44.4 Å². The van der Waals surface area contributed by atoms with Crippen LogP contribution in [0.5, 0.6) is 6.01 Å². The fraction of sp³-hybridized carbons (Fsp3) is 0.515. The predicted octanol–water partition coefficient (Wildman–Crippen LogP) is 6.24. The Morgan fingerprint density at radius 3 is 2.60 bits per heavy atom. The molecule has 0 radical (unpaired) electrons. The summed E-state index contributed by atoms with van der Waals surface area (Å²) in [5, 5.41) is 0.728. The number of nitrogens with zero attached hydrogens (tertiary/aromatic N) is 5. The van der Waals surface area contributed by atoms with Gasteiger partial charge in [-0.2, -0.15) is 9.97 Å². The van der Waals surface area contributed by atoms with Gasteiger partial charge in [0, 0.05) is 68.1 Å². The van der Waals surface area contributed by atoms with Gasteiger partial charge in [0.2, 0.25) is 0 Å². The van der Waals surface area contributed by atoms with E-state index >= 15 is 4.39 Å². The highest BCUT2D eigenvalue weighted by atomic mass is 127. The summed E-state index contributed by atoms with van der Waals surface area (Å²) in [6.45, 7) is 11.7. The lowest BCUT2D eigenvalue weighted by molar-refractivity contribution is -0.0155. The standard InChI is InChI=1S/C33H38BrFIN5O2/c1-33(2,23-6-4-3-5-7-23)41-18-21-8-10-24(41)20-40(17-21)31-25-16-26(35)28(34)29(36)30(25)37-32(38-31)43-27-11-9-22(27)19-39-12-14-42-15-13-39/h3-8,10,16,21-22,24,27H,9,11-15,17-20H2,1-2H3. The lowest BCUT2D eigenvalue weighted by atomic mass is 9.81. The lowest BCUT2D eigenvalue weighted by Gasteiger charge is -2.45. The van der Waals surface area contributed by atoms with Crippen LogP contribution in [-0.4, -0.2) is 84.4 Å². The summed E-state index contributed by atoms with van der Waals surface area (Å²) in [6, 6.07) is 12.9. The highest BCUT2D eigenvalue weighted by Gasteiger charge is 2.41. The molecule has 3 fully saturated rings. The molecule has 3 aromatic rings. The third kappa shape index (κ3) is 5.82. The van der Waals surface area contributed by atoms with Crippen LogP contribution >= 0.6 is 38.5 Å². The molecule has 228 valence electrons. The molecule has 4 aliphatic heterocycles. The highest BCUT2D eigenvalue weighted by molar-refractivity contribution is 14.1. The second-order valence-electron chi connectivity index (χ2n) is 12.8. The van der Waals surface area contributed by atoms with Crippen molar-refractivity contribution in [3.63, 3.8) is 0 Å². The Bertz CT molecular complexity index is 1520. The predicted molar refractivity (Wildman–Crippen MR) is 179 cm³/mol. The van der Waals surface area contributed by atoms with Gasteiger partial charge in [-0.15, -0.1) is 0 Å². The number of anilines is 1. The maximum Gasteiger partial charge on any atom is 0.319 e. The molecule has 1 aromatic heterocycles. The number of rotatable bonds is 7. The van der Waals surface area contributed by atoms with E-state index in [0.717, 1.165) is 85.6 Å². The number of hydrogen-bond donors (Lipinski definition) is 0. The summed E-state index contributed by atoms with van der Waals surface area (Å²) < 4.78 is 28.4. The number of fused-ring (bicyclic) bond motifs is 4. The number of benzene rings is 2. The van der Waals surface area contributed by atoms with Crippen LogP contribution in [0, 0.1) is 21.2 Å². The lowest BCUT2D eigenvalue weighted by Crippen LogP contribution is -2.51. The van der Waals surface area contributed by atoms with E-state index in [4.69, 9.17) is 19.4 Å². The second kappa shape index (κ2) is 12.2. The fourth-order valence-electron chi connectivity index (χ4n) is 7.11. The Hall–Kier alpha value is -1.86. The van der Waals surface area contributed by atoms with Gasteiger partial charge in [0.1, 0.15) is 17.7 Å². The number of hydrogen-bond acceptors (Lipinski definition) is 7. The van der Waals surface area contributed by atoms with Gasteiger partial charge in [-0.25, -0.2) is 4.39 Å². The number of morpholine rings is 1. The van der Waals surface area contributed by atoms with Crippen molar-refractivity contribution in [2.24, 2.45) is 11.8 Å². The zero-order valence-corrected chi connectivity index (χ0v) is 28.4. The fourth-order valence-corrected chi connectivity index (χ4v) is 8.08. The number of halogens is 3. The molecule has 5 aliphatic rings. The van der Waals surface area contributed by atoms with Crippen LogP contribution in [0.25, 0.3) is 10.9 Å². The number of ether oxygens (including phenoxy) is 2. The van der Waals surface area contributed by atoms with Gasteiger partial charge in [0.05, 0.1) is 26.8 Å². The highest BCUT2D eigenvalue weighted by Crippen LogP contribution is 2.40. The molecule has 2 bridgehead atoms. The molecule has 1 saturated carbocycles. The van der Waals surface area contributed by atoms with E-state index in [1.807, 2.05) is 0 Å². The van der Waals surface area contributed by atoms with Gasteiger partial charge in [-0.3, -0.25) is 9.80 Å². The summed E-state index contributed by atoms with van der Waals surface area (Å²) in [5.74, 6) is 1.22. The van der Waals surface area contributed by atoms with Crippen LogP contribution < -0.4 is 9.64 Å². The molecule has 0 amide bonds. The van der Waals surface area contributed by atoms with Crippen molar-refractivity contribution in [3.8, 4) is 6.01 Å². The average Bonchev–Trinajstić information content (AvgIpc) is 3.34. The van der Waals surface area contributed by atoms with Gasteiger partial charge < -0.3 is 14.4 Å². The first-order valence-corrected chi connectivity index (χ1v) is 17.2. The van der Waals surface area contributed by atoms with Crippen LogP contribution in [0.1, 0.15) is 32.3 Å². The Morgan fingerprint density at radius 2 is 1.86 bits per heavy atom. The molecule has 2 aromatic carbocycles. The van der Waals surface area contributed by atoms with E-state index in [2.05, 4.69) is 110 Å². The maximum atomic E-state index is 15.2. The minimum atomic E-state index is -0.303. The van der Waals surface area contributed by atoms with Gasteiger partial charge >= 0.3 is 6.01 Å². The van der Waals surface area contributed by atoms with Crippen molar-refractivity contribution < 1.29 is 13.9 Å². The van der Waals surface area contributed by atoms with E-state index < -0.39 is 0 Å². The average molecular weight is 763 g/mol. The summed E-state index contributed by atoms with van der Waals surface area (Å²) in [6.07, 6.45) is 6.93. The van der Waals surface area contributed by atoms with Crippen LogP contribution in [0.4, 0.5) is 10.2 Å². The molecule has 10 heteroatoms. The molecule has 4 unspecified atom stereocenters. The van der Waals surface area contributed by atoms with Crippen LogP contribution in [0.2, 0.25) is 0 Å². The molecular weight excluding hydrogens is 724 g/mol. The van der Waals surface area contributed by atoms with E-state index in [0.29, 0.717) is 22.3 Å². The summed E-state index contributed by atoms with van der Waals surface area (Å²) in [4.78, 5) is 17.4. The largest absolute Gasteiger partial charge is 0.460 e. The van der Waals surface area contributed by atoms with Gasteiger partial charge in [-0.05, 0) is 76.8 Å². The van der Waals surface area contributed by atoms with E-state index in [1.54, 1.807) is 6.07 Å². The SMILES string of the molecule is CC(C)(c1ccccc1)N1CC2C=CC1CN(c1nc(OC3CCC3CN3CCOCC3)nc3c(I)c(Br)c(F)cc13)C2. The Balaban J connectivity index is 1.20. The second-order valence-corrected chi connectivity index (χ2v) is 14.7. The number of aromatic nitrogens is 2. The minimum Gasteiger partial charge on any atom is -0.460 e. The van der Waals surface area contributed by atoms with Crippen LogP contribution in [-0.2, 0) is 10.3 Å². The first-order chi connectivity index (χ1) is 20.8. The summed E-state index contributed by atoms with van der Waals surface area (Å²) >= 11 is 5.64. The monoisotopic (exact) mass is 761 g/mol. The minimum absolute atomic E-state index is 0.0823. The Labute approximate surface area is 275 Å². The first kappa shape index (κ1) is 29.8. The molecule has 5 heterocycles. The van der Waals surface area contributed by atoms with Crippen LogP contribution in [0.3, 0.4) is 0 Å². The Kier molecular flexibility index (Phi) is 8.43. The smallest absolute Gasteiger partial charge is 0.319 e. The molecule has 8 rings (SSSR count). The molecule has 0 spiro atoms. The third-order valence-corrected chi connectivity index (χ3v) is 12.4. The van der Waals surface area contributed by atoms with Crippen molar-refractivity contribution >= 4 is 55.2 Å². The molecule has 4 atom stereocenters. The first-order valence-electron chi connectivity index (χ1n) is 15.4. The van der Waals surface area contributed by atoms with Crippen molar-refractivity contribution in [1.82, 2.24) is 19.8 Å². The summed E-state index contributed by atoms with van der Waals surface area (Å²) in [7, 11) is 0. The van der Waals surface area contributed by atoms with Gasteiger partial charge in [0.15, 0.2) is 0 Å². The molecule has 1 aliphatic carbocycles. The Morgan fingerprint density at radius 1 is 1.07 bits per heavy atom. The van der Waals surface area contributed by atoms with E-state index in [1.165, 1.54) is 5.56 Å². The third-order valence-electron chi connectivity index (χ3n) is 9.78. The van der Waals surface area contributed by atoms with Gasteiger partial charge in [-0.1, -0.05) is 42.5 Å². The van der Waals surface area contributed by atoms with E-state index in [9.17, 15) is 0 Å². The molecule has 2 saturated heterocycles. The topological polar surface area (TPSA) is 54.0 Å². The zero-order valence-electron chi connectivity index (χ0n) is 24.7. The van der Waals surface area contributed by atoms with Crippen molar-refractivity contribution in [1.29, 1.82) is 0 Å². The van der Waals surface area contributed by atoms with Crippen LogP contribution in [0.15, 0.2) is 53.0 Å². The quantitative estimate of drug-likeness (QED) is 0.161.